The number of likely N-dealkylation sites (N-methyl/N-ethyl adjacent to an activating group) is 1. The van der Waals surface area contributed by atoms with Crippen LogP contribution in [0.1, 0.15) is 17.8 Å². The van der Waals surface area contributed by atoms with E-state index in [1.165, 1.54) is 6.42 Å². The smallest absolute Gasteiger partial charge is 0.133 e. The number of hydrogen-bond acceptors (Lipinski definition) is 8. The Bertz CT molecular complexity index is 1310. The second kappa shape index (κ2) is 7.50. The number of pyridine rings is 3. The first-order valence-electron chi connectivity index (χ1n) is 11.0. The van der Waals surface area contributed by atoms with E-state index in [1.54, 1.807) is 11.3 Å². The van der Waals surface area contributed by atoms with Crippen LogP contribution in [0.5, 0.6) is 0 Å². The highest BCUT2D eigenvalue weighted by Crippen LogP contribution is 2.34. The Morgan fingerprint density at radius 2 is 1.91 bits per heavy atom. The molecule has 4 aromatic heterocycles. The summed E-state index contributed by atoms with van der Waals surface area (Å²) in [6.45, 7) is 6.20. The quantitative estimate of drug-likeness (QED) is 0.501. The van der Waals surface area contributed by atoms with Crippen molar-refractivity contribution in [1.82, 2.24) is 24.8 Å². The molecule has 4 aromatic rings. The summed E-state index contributed by atoms with van der Waals surface area (Å²) in [5, 5.41) is 4.34. The van der Waals surface area contributed by atoms with Crippen LogP contribution in [-0.4, -0.2) is 57.1 Å². The zero-order chi connectivity index (χ0) is 21.8. The van der Waals surface area contributed by atoms with Crippen LogP contribution in [0.4, 0.5) is 17.5 Å². The van der Waals surface area contributed by atoms with Gasteiger partial charge in [-0.25, -0.2) is 15.0 Å². The summed E-state index contributed by atoms with van der Waals surface area (Å²) >= 11 is 1.64. The molecule has 32 heavy (non-hydrogen) atoms. The second-order valence-corrected chi connectivity index (χ2v) is 9.81. The number of anilines is 3. The third-order valence-electron chi connectivity index (χ3n) is 6.53. The average molecular weight is 444 g/mol. The van der Waals surface area contributed by atoms with Crippen molar-refractivity contribution >= 4 is 39.0 Å². The van der Waals surface area contributed by atoms with Crippen LogP contribution < -0.4 is 10.2 Å². The van der Waals surface area contributed by atoms with Gasteiger partial charge in [-0.3, -0.25) is 9.88 Å². The summed E-state index contributed by atoms with van der Waals surface area (Å²) in [6.07, 6.45) is 3.12. The lowest BCUT2D eigenvalue weighted by Gasteiger charge is -2.32. The van der Waals surface area contributed by atoms with Gasteiger partial charge in [-0.05, 0) is 51.6 Å². The number of nitrogens with zero attached hydrogens (tertiary/aromatic N) is 6. The van der Waals surface area contributed by atoms with Crippen LogP contribution in [0.3, 0.4) is 0 Å². The molecule has 0 aliphatic carbocycles. The molecule has 0 saturated carbocycles. The fourth-order valence-electron chi connectivity index (χ4n) is 4.86. The lowest BCUT2D eigenvalue weighted by Crippen LogP contribution is -2.44. The summed E-state index contributed by atoms with van der Waals surface area (Å²) in [5.74, 6) is 2.59. The number of rotatable bonds is 4. The zero-order valence-corrected chi connectivity index (χ0v) is 19.2. The van der Waals surface area contributed by atoms with E-state index in [9.17, 15) is 0 Å². The summed E-state index contributed by atoms with van der Waals surface area (Å²) in [7, 11) is 2.22. The first kappa shape index (κ1) is 19.6. The van der Waals surface area contributed by atoms with Crippen LogP contribution in [0.15, 0.2) is 42.6 Å². The number of aryl methyl sites for hydroxylation is 2. The minimum atomic E-state index is 0.565. The zero-order valence-electron chi connectivity index (χ0n) is 18.4. The van der Waals surface area contributed by atoms with E-state index in [1.807, 2.05) is 38.2 Å². The topological polar surface area (TPSA) is 70.1 Å². The maximum absolute atomic E-state index is 4.88. The molecule has 0 amide bonds. The molecule has 0 spiro atoms. The van der Waals surface area contributed by atoms with Crippen LogP contribution in [0.2, 0.25) is 0 Å². The Balaban J connectivity index is 1.25. The van der Waals surface area contributed by atoms with Crippen molar-refractivity contribution in [3.05, 3.63) is 54.0 Å². The Morgan fingerprint density at radius 1 is 1.00 bits per heavy atom. The van der Waals surface area contributed by atoms with Gasteiger partial charge in [0.05, 0.1) is 10.2 Å². The average Bonchev–Trinajstić information content (AvgIpc) is 3.47. The fraction of sp³-hybridized carbons (Fsp3) is 0.333. The van der Waals surface area contributed by atoms with E-state index in [0.717, 1.165) is 62.7 Å². The molecule has 6 rings (SSSR count). The molecule has 0 aromatic carbocycles. The van der Waals surface area contributed by atoms with Gasteiger partial charge in [0.25, 0.3) is 0 Å². The molecule has 7 nitrogen and oxygen atoms in total. The number of fused-ring (bicyclic) bond motifs is 3. The first-order valence-corrected chi connectivity index (χ1v) is 11.8. The standard InChI is InChI=1S/C24H25N7S/c1-14-7-8-18(15(2)26-14)24-27-19-10-22(25-11-20(19)32-24)28-21-5-4-6-23(29-21)31-13-16-9-17(31)12-30(16)3/h4-8,10-11,16-17H,9,12-13H2,1-3H3,(H,25,28,29)/t16-,17-/m0/s1. The lowest BCUT2D eigenvalue weighted by atomic mass is 10.2. The Hall–Kier alpha value is -3.10. The third-order valence-corrected chi connectivity index (χ3v) is 7.57. The molecule has 0 unspecified atom stereocenters. The maximum Gasteiger partial charge on any atom is 0.133 e. The molecular formula is C24H25N7S. The highest BCUT2D eigenvalue weighted by atomic mass is 32.1. The van der Waals surface area contributed by atoms with Gasteiger partial charge in [-0.1, -0.05) is 6.07 Å². The van der Waals surface area contributed by atoms with Gasteiger partial charge >= 0.3 is 0 Å². The molecule has 2 saturated heterocycles. The summed E-state index contributed by atoms with van der Waals surface area (Å²) in [5.41, 5.74) is 4.02. The summed E-state index contributed by atoms with van der Waals surface area (Å²) in [6, 6.07) is 13.5. The molecule has 0 radical (unpaired) electrons. The van der Waals surface area contributed by atoms with Crippen molar-refractivity contribution in [2.75, 3.05) is 30.4 Å². The van der Waals surface area contributed by atoms with Gasteiger partial charge in [0.1, 0.15) is 22.5 Å². The van der Waals surface area contributed by atoms with Gasteiger partial charge in [-0.2, -0.15) is 0 Å². The van der Waals surface area contributed by atoms with Crippen LogP contribution in [0, 0.1) is 13.8 Å². The van der Waals surface area contributed by atoms with Gasteiger partial charge in [0.2, 0.25) is 0 Å². The van der Waals surface area contributed by atoms with E-state index in [0.29, 0.717) is 12.1 Å². The normalized spacial score (nSPS) is 20.4. The van der Waals surface area contributed by atoms with Gasteiger partial charge in [-0.15, -0.1) is 11.3 Å². The van der Waals surface area contributed by atoms with Gasteiger partial charge in [0, 0.05) is 54.4 Å². The summed E-state index contributed by atoms with van der Waals surface area (Å²) in [4.78, 5) is 23.8. The molecule has 8 heteroatoms. The number of likely N-dealkylation sites (tertiary alicyclic amines) is 1. The Morgan fingerprint density at radius 3 is 2.69 bits per heavy atom. The Kier molecular flexibility index (Phi) is 4.58. The van der Waals surface area contributed by atoms with Crippen molar-refractivity contribution in [3.8, 4) is 10.6 Å². The minimum Gasteiger partial charge on any atom is -0.351 e. The Labute approximate surface area is 191 Å². The van der Waals surface area contributed by atoms with E-state index in [4.69, 9.17) is 9.97 Å². The largest absolute Gasteiger partial charge is 0.351 e. The molecule has 162 valence electrons. The van der Waals surface area contributed by atoms with E-state index < -0.39 is 0 Å². The fourth-order valence-corrected chi connectivity index (χ4v) is 5.85. The predicted octanol–water partition coefficient (Wildman–Crippen LogP) is 4.40. The summed E-state index contributed by atoms with van der Waals surface area (Å²) < 4.78 is 1.06. The van der Waals surface area contributed by atoms with E-state index in [-0.39, 0.29) is 0 Å². The van der Waals surface area contributed by atoms with Gasteiger partial charge < -0.3 is 10.2 Å². The molecule has 2 atom stereocenters. The molecule has 6 heterocycles. The highest BCUT2D eigenvalue weighted by Gasteiger charge is 2.41. The number of thiazole rings is 1. The minimum absolute atomic E-state index is 0.565. The van der Waals surface area contributed by atoms with Crippen molar-refractivity contribution in [1.29, 1.82) is 0 Å². The number of piperazine rings is 1. The van der Waals surface area contributed by atoms with Crippen molar-refractivity contribution in [2.45, 2.75) is 32.4 Å². The van der Waals surface area contributed by atoms with E-state index >= 15 is 0 Å². The van der Waals surface area contributed by atoms with Crippen molar-refractivity contribution in [3.63, 3.8) is 0 Å². The predicted molar refractivity (Wildman–Crippen MR) is 130 cm³/mol. The lowest BCUT2D eigenvalue weighted by molar-refractivity contribution is 0.292. The number of nitrogens with one attached hydrogen (secondary N) is 1. The van der Waals surface area contributed by atoms with Crippen LogP contribution in [0.25, 0.3) is 20.8 Å². The SMILES string of the molecule is Cc1ccc(-c2nc3cc(Nc4cccc(N5C[C@@H]6C[C@H]5CN6C)n4)ncc3s2)c(C)n1. The van der Waals surface area contributed by atoms with Crippen molar-refractivity contribution in [2.24, 2.45) is 0 Å². The van der Waals surface area contributed by atoms with Gasteiger partial charge in [0.15, 0.2) is 0 Å². The van der Waals surface area contributed by atoms with Crippen LogP contribution in [-0.2, 0) is 0 Å². The monoisotopic (exact) mass is 443 g/mol. The molecular weight excluding hydrogens is 418 g/mol. The maximum atomic E-state index is 4.88. The second-order valence-electron chi connectivity index (χ2n) is 8.78. The molecule has 1 N–H and O–H groups in total. The highest BCUT2D eigenvalue weighted by molar-refractivity contribution is 7.21. The van der Waals surface area contributed by atoms with Crippen molar-refractivity contribution < 1.29 is 0 Å². The number of aromatic nitrogens is 4. The number of hydrogen-bond donors (Lipinski definition) is 1. The molecule has 2 bridgehead atoms. The van der Waals surface area contributed by atoms with Crippen LogP contribution >= 0.6 is 11.3 Å². The first-order chi connectivity index (χ1) is 15.5. The molecule has 2 aliphatic rings. The van der Waals surface area contributed by atoms with E-state index in [2.05, 4.69) is 50.3 Å². The molecule has 2 aliphatic heterocycles. The molecule has 2 fully saturated rings. The third kappa shape index (κ3) is 3.40.